The monoisotopic (exact) mass is 240 g/mol. The van der Waals surface area contributed by atoms with Gasteiger partial charge >= 0.3 is 5.97 Å². The summed E-state index contributed by atoms with van der Waals surface area (Å²) in [7, 11) is 0. The summed E-state index contributed by atoms with van der Waals surface area (Å²) in [4.78, 5) is 10.7. The molecule has 2 saturated carbocycles. The number of aliphatic carboxylic acids is 1. The first-order valence-corrected chi connectivity index (χ1v) is 6.64. The van der Waals surface area contributed by atoms with Crippen LogP contribution in [-0.4, -0.2) is 23.3 Å². The Balaban J connectivity index is 2.03. The van der Waals surface area contributed by atoms with Crippen LogP contribution in [0.25, 0.3) is 0 Å². The molecule has 0 spiro atoms. The molecule has 3 nitrogen and oxygen atoms in total. The highest BCUT2D eigenvalue weighted by atomic mass is 16.5. The molecule has 3 heteroatoms. The van der Waals surface area contributed by atoms with E-state index in [-0.39, 0.29) is 24.0 Å². The van der Waals surface area contributed by atoms with Crippen molar-refractivity contribution in [1.29, 1.82) is 0 Å². The zero-order valence-corrected chi connectivity index (χ0v) is 11.3. The zero-order chi connectivity index (χ0) is 12.8. The van der Waals surface area contributed by atoms with E-state index >= 15 is 0 Å². The lowest BCUT2D eigenvalue weighted by Gasteiger charge is -2.39. The van der Waals surface area contributed by atoms with E-state index < -0.39 is 5.97 Å². The van der Waals surface area contributed by atoms with Gasteiger partial charge in [0, 0.05) is 0 Å². The Morgan fingerprint density at radius 1 is 1.47 bits per heavy atom. The van der Waals surface area contributed by atoms with Gasteiger partial charge in [0.2, 0.25) is 0 Å². The van der Waals surface area contributed by atoms with Crippen molar-refractivity contribution >= 4 is 5.97 Å². The largest absolute Gasteiger partial charge is 0.481 e. The molecule has 4 atom stereocenters. The lowest BCUT2D eigenvalue weighted by atomic mass is 9.70. The van der Waals surface area contributed by atoms with Crippen molar-refractivity contribution in [2.75, 3.05) is 0 Å². The van der Waals surface area contributed by atoms with Crippen LogP contribution in [0.15, 0.2) is 0 Å². The van der Waals surface area contributed by atoms with Gasteiger partial charge in [-0.1, -0.05) is 20.8 Å². The molecule has 2 aliphatic rings. The number of hydrogen-bond acceptors (Lipinski definition) is 2. The van der Waals surface area contributed by atoms with Crippen LogP contribution < -0.4 is 0 Å². The summed E-state index contributed by atoms with van der Waals surface area (Å²) < 4.78 is 6.01. The molecule has 0 radical (unpaired) electrons. The van der Waals surface area contributed by atoms with Crippen LogP contribution >= 0.6 is 0 Å². The van der Waals surface area contributed by atoms with E-state index in [2.05, 4.69) is 20.8 Å². The minimum Gasteiger partial charge on any atom is -0.481 e. The first-order chi connectivity index (χ1) is 7.77. The van der Waals surface area contributed by atoms with Crippen LogP contribution in [0, 0.1) is 16.7 Å². The zero-order valence-electron chi connectivity index (χ0n) is 11.3. The van der Waals surface area contributed by atoms with E-state index in [9.17, 15) is 4.79 Å². The summed E-state index contributed by atoms with van der Waals surface area (Å²) in [5.74, 6) is -0.0282. The molecule has 17 heavy (non-hydrogen) atoms. The highest BCUT2D eigenvalue weighted by Gasteiger charge is 2.62. The molecule has 0 heterocycles. The summed E-state index contributed by atoms with van der Waals surface area (Å²) in [6.07, 6.45) is 3.80. The van der Waals surface area contributed by atoms with Crippen LogP contribution in [-0.2, 0) is 9.53 Å². The van der Waals surface area contributed by atoms with Crippen molar-refractivity contribution in [2.24, 2.45) is 16.7 Å². The van der Waals surface area contributed by atoms with Crippen LogP contribution in [0.4, 0.5) is 0 Å². The average molecular weight is 240 g/mol. The molecule has 0 amide bonds. The van der Waals surface area contributed by atoms with Crippen LogP contribution in [0.2, 0.25) is 0 Å². The van der Waals surface area contributed by atoms with Gasteiger partial charge in [0.15, 0.2) is 0 Å². The Morgan fingerprint density at radius 2 is 2.12 bits per heavy atom. The van der Waals surface area contributed by atoms with E-state index in [1.54, 1.807) is 0 Å². The molecule has 2 bridgehead atoms. The average Bonchev–Trinajstić information content (AvgIpc) is 2.49. The molecule has 0 aliphatic heterocycles. The van der Waals surface area contributed by atoms with Gasteiger partial charge in [-0.2, -0.15) is 0 Å². The highest BCUT2D eigenvalue weighted by molar-refractivity contribution is 5.67. The van der Waals surface area contributed by atoms with Gasteiger partial charge in [-0.3, -0.25) is 4.79 Å². The number of rotatable bonds is 4. The van der Waals surface area contributed by atoms with Gasteiger partial charge in [0.05, 0.1) is 18.6 Å². The number of ether oxygens (including phenoxy) is 1. The normalized spacial score (nSPS) is 40.5. The molecule has 2 fully saturated rings. The number of fused-ring (bicyclic) bond motifs is 2. The Hall–Kier alpha value is -0.570. The molecule has 2 rings (SSSR count). The molecule has 1 N–H and O–H groups in total. The van der Waals surface area contributed by atoms with Gasteiger partial charge in [-0.15, -0.1) is 0 Å². The Labute approximate surface area is 104 Å². The molecule has 0 aromatic rings. The third kappa shape index (κ3) is 1.88. The second kappa shape index (κ2) is 3.98. The predicted molar refractivity (Wildman–Crippen MR) is 65.8 cm³/mol. The van der Waals surface area contributed by atoms with Crippen LogP contribution in [0.3, 0.4) is 0 Å². The van der Waals surface area contributed by atoms with E-state index in [0.29, 0.717) is 5.41 Å². The standard InChI is InChI=1S/C14H24O3/c1-9(7-12(15)16)17-11-8-10-5-6-14(11,4)13(10,2)3/h9-11H,5-8H2,1-4H3,(H,15,16)/t9-,10?,11?,14?/m1/s1. The van der Waals surface area contributed by atoms with E-state index in [1.165, 1.54) is 12.8 Å². The third-order valence-electron chi connectivity index (χ3n) is 5.57. The van der Waals surface area contributed by atoms with Crippen LogP contribution in [0.1, 0.15) is 53.4 Å². The van der Waals surface area contributed by atoms with Crippen molar-refractivity contribution in [3.8, 4) is 0 Å². The first-order valence-electron chi connectivity index (χ1n) is 6.64. The van der Waals surface area contributed by atoms with Gasteiger partial charge in [0.25, 0.3) is 0 Å². The highest BCUT2D eigenvalue weighted by Crippen LogP contribution is 2.66. The maximum atomic E-state index is 10.7. The first kappa shape index (κ1) is 12.9. The molecule has 0 saturated heterocycles. The maximum absolute atomic E-state index is 10.7. The summed E-state index contributed by atoms with van der Waals surface area (Å²) in [6, 6.07) is 0. The number of carbonyl (C=O) groups is 1. The second-order valence-electron chi connectivity index (χ2n) is 6.64. The molecule has 3 unspecified atom stereocenters. The Bertz CT molecular complexity index is 323. The summed E-state index contributed by atoms with van der Waals surface area (Å²) in [5.41, 5.74) is 0.561. The molecule has 0 aromatic carbocycles. The summed E-state index contributed by atoms with van der Waals surface area (Å²) in [6.45, 7) is 8.88. The lowest BCUT2D eigenvalue weighted by Crippen LogP contribution is -2.39. The van der Waals surface area contributed by atoms with Crippen molar-refractivity contribution in [1.82, 2.24) is 0 Å². The van der Waals surface area contributed by atoms with Crippen molar-refractivity contribution in [3.63, 3.8) is 0 Å². The van der Waals surface area contributed by atoms with E-state index in [0.717, 1.165) is 12.3 Å². The van der Waals surface area contributed by atoms with Gasteiger partial charge in [-0.05, 0) is 42.9 Å². The molecule has 0 aromatic heterocycles. The van der Waals surface area contributed by atoms with Crippen LogP contribution in [0.5, 0.6) is 0 Å². The smallest absolute Gasteiger partial charge is 0.305 e. The number of carboxylic acid groups (broad SMARTS) is 1. The van der Waals surface area contributed by atoms with Gasteiger partial charge in [-0.25, -0.2) is 0 Å². The quantitative estimate of drug-likeness (QED) is 0.821. The topological polar surface area (TPSA) is 46.5 Å². The molecule has 98 valence electrons. The number of hydrogen-bond donors (Lipinski definition) is 1. The van der Waals surface area contributed by atoms with Crippen molar-refractivity contribution < 1.29 is 14.6 Å². The van der Waals surface area contributed by atoms with E-state index in [1.807, 2.05) is 6.92 Å². The second-order valence-corrected chi connectivity index (χ2v) is 6.64. The Kier molecular flexibility index (Phi) is 3.01. The Morgan fingerprint density at radius 3 is 2.53 bits per heavy atom. The van der Waals surface area contributed by atoms with Crippen molar-refractivity contribution in [2.45, 2.75) is 65.6 Å². The third-order valence-corrected chi connectivity index (χ3v) is 5.57. The minimum atomic E-state index is -0.773. The SMILES string of the molecule is C[C@H](CC(=O)O)OC1CC2CCC1(C)C2(C)C. The lowest BCUT2D eigenvalue weighted by molar-refractivity contribution is -0.143. The predicted octanol–water partition coefficient (Wildman–Crippen LogP) is 3.08. The fourth-order valence-corrected chi connectivity index (χ4v) is 3.91. The van der Waals surface area contributed by atoms with Gasteiger partial charge < -0.3 is 9.84 Å². The molecular weight excluding hydrogens is 216 g/mol. The minimum absolute atomic E-state index is 0.109. The maximum Gasteiger partial charge on any atom is 0.305 e. The number of carboxylic acids is 1. The van der Waals surface area contributed by atoms with Gasteiger partial charge in [0.1, 0.15) is 0 Å². The summed E-state index contributed by atoms with van der Waals surface area (Å²) in [5, 5.41) is 8.78. The fourth-order valence-electron chi connectivity index (χ4n) is 3.91. The van der Waals surface area contributed by atoms with E-state index in [4.69, 9.17) is 9.84 Å². The van der Waals surface area contributed by atoms with Crippen molar-refractivity contribution in [3.05, 3.63) is 0 Å². The fraction of sp³-hybridized carbons (Fsp3) is 0.929. The molecular formula is C14H24O3. The summed E-state index contributed by atoms with van der Waals surface area (Å²) >= 11 is 0. The molecule has 2 aliphatic carbocycles.